The summed E-state index contributed by atoms with van der Waals surface area (Å²) < 4.78 is 12.7. The van der Waals surface area contributed by atoms with Crippen molar-refractivity contribution in [3.63, 3.8) is 0 Å². The van der Waals surface area contributed by atoms with Gasteiger partial charge in [-0.15, -0.1) is 0 Å². The van der Waals surface area contributed by atoms with Crippen molar-refractivity contribution in [1.29, 1.82) is 0 Å². The first-order valence-electron chi connectivity index (χ1n) is 3.49. The van der Waals surface area contributed by atoms with Crippen molar-refractivity contribution in [1.82, 2.24) is 4.90 Å². The summed E-state index contributed by atoms with van der Waals surface area (Å²) in [5, 5.41) is 8.49. The van der Waals surface area contributed by atoms with Crippen molar-refractivity contribution < 1.29 is 14.3 Å². The second-order valence-electron chi connectivity index (χ2n) is 2.70. The Labute approximate surface area is 63.8 Å². The Kier molecular flexibility index (Phi) is 2.28. The van der Waals surface area contributed by atoms with Crippen molar-refractivity contribution in [2.75, 3.05) is 13.1 Å². The first kappa shape index (κ1) is 8.26. The number of hydrogen-bond donors (Lipinski definition) is 2. The molecule has 3 N–H and O–H groups in total. The molecule has 0 spiro atoms. The molecule has 2 atom stereocenters. The van der Waals surface area contributed by atoms with Crippen LogP contribution >= 0.6 is 0 Å². The number of nitrogens with zero attached hydrogens (tertiary/aromatic N) is 1. The average molecular weight is 162 g/mol. The van der Waals surface area contributed by atoms with Crippen LogP contribution < -0.4 is 5.73 Å². The van der Waals surface area contributed by atoms with E-state index in [0.717, 1.165) is 4.90 Å². The van der Waals surface area contributed by atoms with Crippen LogP contribution in [0, 0.1) is 0 Å². The minimum atomic E-state index is -1.05. The van der Waals surface area contributed by atoms with E-state index >= 15 is 0 Å². The van der Waals surface area contributed by atoms with Gasteiger partial charge < -0.3 is 15.7 Å². The molecule has 1 saturated heterocycles. The zero-order valence-corrected chi connectivity index (χ0v) is 6.03. The minimum Gasteiger partial charge on any atom is -0.465 e. The Balaban J connectivity index is 2.46. The van der Waals surface area contributed by atoms with Crippen LogP contribution in [0.15, 0.2) is 0 Å². The molecule has 1 rings (SSSR count). The number of rotatable bonds is 0. The molecule has 0 radical (unpaired) electrons. The number of hydrogen-bond acceptors (Lipinski definition) is 2. The fourth-order valence-corrected chi connectivity index (χ4v) is 1.13. The molecule has 1 fully saturated rings. The second-order valence-corrected chi connectivity index (χ2v) is 2.70. The molecule has 4 nitrogen and oxygen atoms in total. The lowest BCUT2D eigenvalue weighted by Crippen LogP contribution is -2.51. The maximum Gasteiger partial charge on any atom is 0.407 e. The molecule has 2 unspecified atom stereocenters. The summed E-state index contributed by atoms with van der Waals surface area (Å²) in [7, 11) is 0. The first-order valence-corrected chi connectivity index (χ1v) is 3.49. The van der Waals surface area contributed by atoms with Crippen LogP contribution in [0.1, 0.15) is 6.42 Å². The van der Waals surface area contributed by atoms with E-state index in [0.29, 0.717) is 0 Å². The van der Waals surface area contributed by atoms with E-state index in [-0.39, 0.29) is 19.5 Å². The third-order valence-corrected chi connectivity index (χ3v) is 1.84. The maximum absolute atomic E-state index is 12.7. The van der Waals surface area contributed by atoms with Crippen LogP contribution in [-0.2, 0) is 0 Å². The summed E-state index contributed by atoms with van der Waals surface area (Å²) >= 11 is 0. The first-order chi connectivity index (χ1) is 5.11. The fraction of sp³-hybridized carbons (Fsp3) is 0.833. The van der Waals surface area contributed by atoms with Gasteiger partial charge in [-0.25, -0.2) is 9.18 Å². The van der Waals surface area contributed by atoms with Gasteiger partial charge in [0, 0.05) is 13.1 Å². The predicted molar refractivity (Wildman–Crippen MR) is 37.1 cm³/mol. The smallest absolute Gasteiger partial charge is 0.407 e. The normalized spacial score (nSPS) is 32.0. The third-order valence-electron chi connectivity index (χ3n) is 1.84. The molecule has 0 saturated carbocycles. The van der Waals surface area contributed by atoms with Gasteiger partial charge in [0.2, 0.25) is 0 Å². The predicted octanol–water partition coefficient (Wildman–Crippen LogP) is 0.0355. The monoisotopic (exact) mass is 162 g/mol. The van der Waals surface area contributed by atoms with Crippen molar-refractivity contribution >= 4 is 6.09 Å². The Morgan fingerprint density at radius 3 is 2.82 bits per heavy atom. The van der Waals surface area contributed by atoms with Crippen LogP contribution in [0.4, 0.5) is 9.18 Å². The van der Waals surface area contributed by atoms with E-state index in [2.05, 4.69) is 0 Å². The van der Waals surface area contributed by atoms with Gasteiger partial charge >= 0.3 is 6.09 Å². The van der Waals surface area contributed by atoms with E-state index in [1.165, 1.54) is 0 Å². The minimum absolute atomic E-state index is 0.108. The standard InChI is InChI=1S/C6H11FN2O2/c7-4-1-2-9(6(10)11)3-5(4)8/h4-5H,1-3,8H2,(H,10,11). The molecular formula is C6H11FN2O2. The molecule has 1 aliphatic heterocycles. The lowest BCUT2D eigenvalue weighted by atomic mass is 10.1. The molecule has 11 heavy (non-hydrogen) atoms. The molecular weight excluding hydrogens is 151 g/mol. The molecule has 5 heteroatoms. The summed E-state index contributed by atoms with van der Waals surface area (Å²) in [4.78, 5) is 11.5. The zero-order chi connectivity index (χ0) is 8.43. The molecule has 1 amide bonds. The lowest BCUT2D eigenvalue weighted by Gasteiger charge is -2.30. The number of amides is 1. The molecule has 64 valence electrons. The van der Waals surface area contributed by atoms with Crippen molar-refractivity contribution in [3.05, 3.63) is 0 Å². The number of piperidine rings is 1. The van der Waals surface area contributed by atoms with E-state index in [4.69, 9.17) is 10.8 Å². The van der Waals surface area contributed by atoms with Crippen molar-refractivity contribution in [3.8, 4) is 0 Å². The van der Waals surface area contributed by atoms with Crippen molar-refractivity contribution in [2.45, 2.75) is 18.6 Å². The summed E-state index contributed by atoms with van der Waals surface area (Å²) in [6.07, 6.45) is -1.86. The van der Waals surface area contributed by atoms with Gasteiger partial charge in [-0.2, -0.15) is 0 Å². The summed E-state index contributed by atoms with van der Waals surface area (Å²) in [5.41, 5.74) is 5.33. The largest absolute Gasteiger partial charge is 0.465 e. The molecule has 0 bridgehead atoms. The van der Waals surface area contributed by atoms with Crippen LogP contribution in [0.3, 0.4) is 0 Å². The van der Waals surface area contributed by atoms with Gasteiger partial charge in [-0.3, -0.25) is 0 Å². The van der Waals surface area contributed by atoms with Gasteiger partial charge in [0.25, 0.3) is 0 Å². The molecule has 0 aliphatic carbocycles. The SMILES string of the molecule is NC1CN(C(=O)O)CCC1F. The van der Waals surface area contributed by atoms with E-state index in [1.807, 2.05) is 0 Å². The highest BCUT2D eigenvalue weighted by molar-refractivity contribution is 5.65. The number of carbonyl (C=O) groups is 1. The maximum atomic E-state index is 12.7. The quantitative estimate of drug-likeness (QED) is 0.528. The van der Waals surface area contributed by atoms with Gasteiger partial charge in [-0.1, -0.05) is 0 Å². The molecule has 0 aromatic carbocycles. The van der Waals surface area contributed by atoms with E-state index in [9.17, 15) is 9.18 Å². The van der Waals surface area contributed by atoms with Gasteiger partial charge in [-0.05, 0) is 6.42 Å². The number of nitrogens with two attached hydrogens (primary N) is 1. The van der Waals surface area contributed by atoms with Gasteiger partial charge in [0.15, 0.2) is 0 Å². The topological polar surface area (TPSA) is 66.6 Å². The van der Waals surface area contributed by atoms with Gasteiger partial charge in [0.05, 0.1) is 6.04 Å². The highest BCUT2D eigenvalue weighted by Gasteiger charge is 2.28. The molecule has 0 aromatic rings. The fourth-order valence-electron chi connectivity index (χ4n) is 1.13. The number of carboxylic acid groups (broad SMARTS) is 1. The highest BCUT2D eigenvalue weighted by atomic mass is 19.1. The van der Waals surface area contributed by atoms with Crippen LogP contribution in [-0.4, -0.2) is 41.4 Å². The Hall–Kier alpha value is -0.840. The summed E-state index contributed by atoms with van der Waals surface area (Å²) in [5.74, 6) is 0. The third kappa shape index (κ3) is 1.80. The Morgan fingerprint density at radius 2 is 2.36 bits per heavy atom. The number of alkyl halides is 1. The average Bonchev–Trinajstić information content (AvgIpc) is 1.94. The zero-order valence-electron chi connectivity index (χ0n) is 6.03. The molecule has 1 aliphatic rings. The molecule has 0 aromatic heterocycles. The van der Waals surface area contributed by atoms with Crippen LogP contribution in [0.25, 0.3) is 0 Å². The van der Waals surface area contributed by atoms with E-state index < -0.39 is 18.3 Å². The van der Waals surface area contributed by atoms with E-state index in [1.54, 1.807) is 0 Å². The summed E-state index contributed by atoms with van der Waals surface area (Å²) in [6.45, 7) is 0.362. The van der Waals surface area contributed by atoms with Gasteiger partial charge in [0.1, 0.15) is 6.17 Å². The lowest BCUT2D eigenvalue weighted by molar-refractivity contribution is 0.103. The Bertz CT molecular complexity index is 165. The van der Waals surface area contributed by atoms with Crippen LogP contribution in [0.5, 0.6) is 0 Å². The number of likely N-dealkylation sites (tertiary alicyclic amines) is 1. The summed E-state index contributed by atoms with van der Waals surface area (Å²) in [6, 6.07) is -0.653. The molecule has 1 heterocycles. The number of halogens is 1. The van der Waals surface area contributed by atoms with Crippen LogP contribution in [0.2, 0.25) is 0 Å². The Morgan fingerprint density at radius 1 is 1.73 bits per heavy atom. The highest BCUT2D eigenvalue weighted by Crippen LogP contribution is 2.12. The van der Waals surface area contributed by atoms with Crippen molar-refractivity contribution in [2.24, 2.45) is 5.73 Å². The second kappa shape index (κ2) is 3.04.